The Labute approximate surface area is 220 Å². The van der Waals surface area contributed by atoms with Crippen LogP contribution in [0.5, 0.6) is 0 Å². The summed E-state index contributed by atoms with van der Waals surface area (Å²) in [6.07, 6.45) is 3.98. The number of aromatic amines is 1. The van der Waals surface area contributed by atoms with Gasteiger partial charge in [0, 0.05) is 24.0 Å². The van der Waals surface area contributed by atoms with E-state index in [0.717, 1.165) is 64.3 Å². The van der Waals surface area contributed by atoms with Crippen molar-refractivity contribution >= 4 is 0 Å². The van der Waals surface area contributed by atoms with Gasteiger partial charge in [0.25, 0.3) is 5.56 Å². The van der Waals surface area contributed by atoms with Crippen molar-refractivity contribution in [3.63, 3.8) is 0 Å². The van der Waals surface area contributed by atoms with Crippen molar-refractivity contribution in [2.24, 2.45) is 0 Å². The summed E-state index contributed by atoms with van der Waals surface area (Å²) in [6.45, 7) is 4.19. The summed E-state index contributed by atoms with van der Waals surface area (Å²) in [6, 6.07) is 25.6. The molecular weight excluding hydrogens is 476 g/mol. The van der Waals surface area contributed by atoms with Crippen LogP contribution >= 0.6 is 0 Å². The van der Waals surface area contributed by atoms with E-state index >= 15 is 0 Å². The van der Waals surface area contributed by atoms with Crippen LogP contribution in [0.4, 0.5) is 0 Å². The van der Waals surface area contributed by atoms with Crippen LogP contribution in [0, 0.1) is 0 Å². The molecule has 0 unspecified atom stereocenters. The van der Waals surface area contributed by atoms with Gasteiger partial charge >= 0.3 is 5.76 Å². The van der Waals surface area contributed by atoms with E-state index in [1.807, 2.05) is 85.8 Å². The van der Waals surface area contributed by atoms with Crippen LogP contribution in [0.25, 0.3) is 28.2 Å². The lowest BCUT2D eigenvalue weighted by molar-refractivity contribution is 0.388. The maximum absolute atomic E-state index is 13.9. The molecular formula is C31H30N4O3. The fourth-order valence-electron chi connectivity index (χ4n) is 4.75. The smallest absolute Gasteiger partial charge is 0.296 e. The number of hydrogen-bond acceptors (Lipinski definition) is 5. The SMILES string of the molecule is CCCCc1nc(CC)n(-c2ccccc2)c(=O)c1Cc1ccc(-c2ccccc2-c2noc(=O)[nH]2)cc1. The van der Waals surface area contributed by atoms with E-state index in [1.165, 1.54) is 0 Å². The Morgan fingerprint density at radius 2 is 1.58 bits per heavy atom. The quantitative estimate of drug-likeness (QED) is 0.275. The van der Waals surface area contributed by atoms with Gasteiger partial charge in [0.05, 0.1) is 11.4 Å². The predicted octanol–water partition coefficient (Wildman–Crippen LogP) is 5.74. The van der Waals surface area contributed by atoms with Crippen molar-refractivity contribution in [3.05, 3.63) is 122 Å². The van der Waals surface area contributed by atoms with Crippen LogP contribution < -0.4 is 11.3 Å². The highest BCUT2D eigenvalue weighted by Crippen LogP contribution is 2.30. The maximum atomic E-state index is 13.9. The summed E-state index contributed by atoms with van der Waals surface area (Å²) in [4.78, 5) is 33.0. The molecule has 38 heavy (non-hydrogen) atoms. The van der Waals surface area contributed by atoms with E-state index in [1.54, 1.807) is 4.57 Å². The first-order valence-electron chi connectivity index (χ1n) is 13.0. The van der Waals surface area contributed by atoms with Crippen molar-refractivity contribution in [2.45, 2.75) is 46.0 Å². The Morgan fingerprint density at radius 1 is 0.868 bits per heavy atom. The molecule has 0 atom stereocenters. The molecule has 0 radical (unpaired) electrons. The molecule has 2 aromatic heterocycles. The van der Waals surface area contributed by atoms with Gasteiger partial charge in [0.1, 0.15) is 5.82 Å². The molecule has 0 aliphatic rings. The maximum Gasteiger partial charge on any atom is 0.439 e. The summed E-state index contributed by atoms with van der Waals surface area (Å²) in [5.41, 5.74) is 6.17. The number of nitrogens with one attached hydrogen (secondary N) is 1. The van der Waals surface area contributed by atoms with Gasteiger partial charge in [-0.3, -0.25) is 18.9 Å². The number of hydrogen-bond donors (Lipinski definition) is 1. The van der Waals surface area contributed by atoms with E-state index in [-0.39, 0.29) is 5.56 Å². The summed E-state index contributed by atoms with van der Waals surface area (Å²) < 4.78 is 6.46. The number of aromatic nitrogens is 4. The van der Waals surface area contributed by atoms with E-state index in [4.69, 9.17) is 9.51 Å². The second-order valence-electron chi connectivity index (χ2n) is 9.25. The Kier molecular flexibility index (Phi) is 7.45. The lowest BCUT2D eigenvalue weighted by Crippen LogP contribution is -2.29. The summed E-state index contributed by atoms with van der Waals surface area (Å²) in [5, 5.41) is 3.85. The van der Waals surface area contributed by atoms with Crippen molar-refractivity contribution in [3.8, 4) is 28.2 Å². The van der Waals surface area contributed by atoms with E-state index in [0.29, 0.717) is 18.7 Å². The van der Waals surface area contributed by atoms with Crippen LogP contribution in [0.3, 0.4) is 0 Å². The minimum absolute atomic E-state index is 0.00133. The van der Waals surface area contributed by atoms with E-state index in [2.05, 4.69) is 17.1 Å². The first-order chi connectivity index (χ1) is 18.6. The largest absolute Gasteiger partial charge is 0.439 e. The number of unbranched alkanes of at least 4 members (excludes halogenated alkanes) is 1. The monoisotopic (exact) mass is 506 g/mol. The molecule has 5 rings (SSSR count). The fraction of sp³-hybridized carbons (Fsp3) is 0.226. The van der Waals surface area contributed by atoms with Gasteiger partial charge in [-0.05, 0) is 41.7 Å². The van der Waals surface area contributed by atoms with E-state index < -0.39 is 5.76 Å². The van der Waals surface area contributed by atoms with Crippen LogP contribution in [-0.2, 0) is 19.3 Å². The molecule has 0 spiro atoms. The number of nitrogens with zero attached hydrogens (tertiary/aromatic N) is 3. The minimum Gasteiger partial charge on any atom is -0.296 e. The molecule has 192 valence electrons. The summed E-state index contributed by atoms with van der Waals surface area (Å²) >= 11 is 0. The predicted molar refractivity (Wildman–Crippen MR) is 149 cm³/mol. The molecule has 0 aliphatic carbocycles. The van der Waals surface area contributed by atoms with Crippen molar-refractivity contribution in [1.29, 1.82) is 0 Å². The second kappa shape index (κ2) is 11.3. The highest BCUT2D eigenvalue weighted by atomic mass is 16.5. The van der Waals surface area contributed by atoms with Crippen molar-refractivity contribution in [2.75, 3.05) is 0 Å². The molecule has 0 fully saturated rings. The van der Waals surface area contributed by atoms with Gasteiger partial charge in [-0.25, -0.2) is 9.78 Å². The van der Waals surface area contributed by atoms with Gasteiger partial charge < -0.3 is 0 Å². The third-order valence-corrected chi connectivity index (χ3v) is 6.70. The molecule has 0 bridgehead atoms. The average molecular weight is 507 g/mol. The molecule has 5 aromatic rings. The molecule has 1 N–H and O–H groups in total. The molecule has 7 heteroatoms. The molecule has 0 saturated carbocycles. The van der Waals surface area contributed by atoms with Crippen molar-refractivity contribution < 1.29 is 4.52 Å². The number of H-pyrrole nitrogens is 1. The van der Waals surface area contributed by atoms with Crippen LogP contribution in [0.15, 0.2) is 93.0 Å². The molecule has 0 saturated heterocycles. The number of aryl methyl sites for hydroxylation is 2. The zero-order chi connectivity index (χ0) is 26.5. The van der Waals surface area contributed by atoms with Gasteiger partial charge in [0.15, 0.2) is 5.82 Å². The molecule has 2 heterocycles. The van der Waals surface area contributed by atoms with Gasteiger partial charge in [-0.1, -0.05) is 92.2 Å². The zero-order valence-electron chi connectivity index (χ0n) is 21.6. The normalized spacial score (nSPS) is 11.1. The van der Waals surface area contributed by atoms with Crippen molar-refractivity contribution in [1.82, 2.24) is 19.7 Å². The van der Waals surface area contributed by atoms with Gasteiger partial charge in [-0.2, -0.15) is 0 Å². The molecule has 7 nitrogen and oxygen atoms in total. The Balaban J connectivity index is 1.53. The second-order valence-corrected chi connectivity index (χ2v) is 9.25. The third kappa shape index (κ3) is 5.13. The molecule has 0 amide bonds. The Bertz CT molecular complexity index is 1650. The van der Waals surface area contributed by atoms with Crippen LogP contribution in [0.1, 0.15) is 49.3 Å². The Morgan fingerprint density at radius 3 is 2.24 bits per heavy atom. The van der Waals surface area contributed by atoms with Gasteiger partial charge in [0.2, 0.25) is 0 Å². The highest BCUT2D eigenvalue weighted by molar-refractivity contribution is 5.80. The Hall–Kier alpha value is -4.52. The standard InChI is InChI=1S/C31H30N4O3/c1-3-5-15-27-26(30(36)35(28(4-2)32-27)23-11-7-6-8-12-23)20-21-16-18-22(19-17-21)24-13-9-10-14-25(24)29-33-31(37)38-34-29/h6-14,16-19H,3-5,15,20H2,1-2H3,(H,33,34,37). The number of para-hydroxylation sites is 1. The highest BCUT2D eigenvalue weighted by Gasteiger charge is 2.18. The number of benzene rings is 3. The fourth-order valence-corrected chi connectivity index (χ4v) is 4.75. The lowest BCUT2D eigenvalue weighted by atomic mass is 9.96. The van der Waals surface area contributed by atoms with Crippen LogP contribution in [0.2, 0.25) is 0 Å². The summed E-state index contributed by atoms with van der Waals surface area (Å²) in [7, 11) is 0. The zero-order valence-corrected chi connectivity index (χ0v) is 21.6. The summed E-state index contributed by atoms with van der Waals surface area (Å²) in [5.74, 6) is 0.584. The molecule has 0 aliphatic heterocycles. The third-order valence-electron chi connectivity index (χ3n) is 6.70. The lowest BCUT2D eigenvalue weighted by Gasteiger charge is -2.17. The molecule has 3 aromatic carbocycles. The number of rotatable bonds is 9. The van der Waals surface area contributed by atoms with E-state index in [9.17, 15) is 9.59 Å². The average Bonchev–Trinajstić information content (AvgIpc) is 3.40. The minimum atomic E-state index is -0.590. The first-order valence-corrected chi connectivity index (χ1v) is 13.0. The van der Waals surface area contributed by atoms with Crippen LogP contribution in [-0.4, -0.2) is 19.7 Å². The van der Waals surface area contributed by atoms with Gasteiger partial charge in [-0.15, -0.1) is 0 Å². The first kappa shape index (κ1) is 25.1. The topological polar surface area (TPSA) is 93.8 Å².